The molecule has 0 saturated carbocycles. The molecule has 9 heavy (non-hydrogen) atoms. The van der Waals surface area contributed by atoms with Crippen LogP contribution in [0, 0.1) is 0 Å². The molecule has 0 heterocycles. The van der Waals surface area contributed by atoms with Crippen LogP contribution in [-0.4, -0.2) is 0 Å². The molecular formula is C6H6ClNS. The standard InChI is InChI=1S/C6H6ClNS/c7-8-5-1-3-6(9)4-2-5/h1-4,8-9H. The number of thiol groups is 1. The van der Waals surface area contributed by atoms with E-state index in [0.717, 1.165) is 10.6 Å². The highest BCUT2D eigenvalue weighted by molar-refractivity contribution is 7.80. The summed E-state index contributed by atoms with van der Waals surface area (Å²) in [6.45, 7) is 0. The molecule has 0 aliphatic heterocycles. The highest BCUT2D eigenvalue weighted by Gasteiger charge is 1.85. The van der Waals surface area contributed by atoms with Crippen LogP contribution >= 0.6 is 24.4 Å². The molecule has 0 aliphatic carbocycles. The number of nitrogens with one attached hydrogen (secondary N) is 1. The van der Waals surface area contributed by atoms with Crippen molar-refractivity contribution in [2.75, 3.05) is 4.84 Å². The summed E-state index contributed by atoms with van der Waals surface area (Å²) in [5.41, 5.74) is 0.884. The molecule has 0 aliphatic rings. The Bertz CT molecular complexity index is 185. The van der Waals surface area contributed by atoms with Crippen molar-refractivity contribution in [3.05, 3.63) is 24.3 Å². The highest BCUT2D eigenvalue weighted by Crippen LogP contribution is 2.11. The van der Waals surface area contributed by atoms with Crippen LogP contribution in [0.25, 0.3) is 0 Å². The van der Waals surface area contributed by atoms with Gasteiger partial charge in [-0.2, -0.15) is 0 Å². The lowest BCUT2D eigenvalue weighted by Gasteiger charge is -1.94. The van der Waals surface area contributed by atoms with Gasteiger partial charge in [0.2, 0.25) is 0 Å². The first-order chi connectivity index (χ1) is 4.33. The van der Waals surface area contributed by atoms with Crippen molar-refractivity contribution in [3.63, 3.8) is 0 Å². The van der Waals surface area contributed by atoms with E-state index in [4.69, 9.17) is 11.8 Å². The molecule has 0 saturated heterocycles. The minimum Gasteiger partial charge on any atom is -0.299 e. The summed E-state index contributed by atoms with van der Waals surface area (Å²) in [6, 6.07) is 7.45. The Morgan fingerprint density at radius 2 is 1.78 bits per heavy atom. The molecule has 0 amide bonds. The van der Waals surface area contributed by atoms with Gasteiger partial charge >= 0.3 is 0 Å². The Labute approximate surface area is 64.6 Å². The summed E-state index contributed by atoms with van der Waals surface area (Å²) < 4.78 is 0. The second-order valence-corrected chi connectivity index (χ2v) is 2.35. The third-order valence-electron chi connectivity index (χ3n) is 0.976. The Kier molecular flexibility index (Phi) is 2.25. The van der Waals surface area contributed by atoms with Gasteiger partial charge in [0, 0.05) is 22.4 Å². The van der Waals surface area contributed by atoms with Crippen molar-refractivity contribution in [2.24, 2.45) is 0 Å². The van der Waals surface area contributed by atoms with E-state index in [0.29, 0.717) is 0 Å². The lowest BCUT2D eigenvalue weighted by Crippen LogP contribution is -1.76. The summed E-state index contributed by atoms with van der Waals surface area (Å²) in [6.07, 6.45) is 0. The van der Waals surface area contributed by atoms with E-state index in [1.807, 2.05) is 24.3 Å². The third-order valence-corrected chi connectivity index (χ3v) is 1.49. The maximum Gasteiger partial charge on any atom is 0.0492 e. The number of anilines is 1. The van der Waals surface area contributed by atoms with Gasteiger partial charge < -0.3 is 0 Å². The van der Waals surface area contributed by atoms with Crippen LogP contribution in [0.5, 0.6) is 0 Å². The molecule has 1 aromatic carbocycles. The first-order valence-electron chi connectivity index (χ1n) is 2.48. The summed E-state index contributed by atoms with van der Waals surface area (Å²) in [7, 11) is 0. The molecule has 0 bridgehead atoms. The Morgan fingerprint density at radius 3 is 2.22 bits per heavy atom. The van der Waals surface area contributed by atoms with E-state index >= 15 is 0 Å². The summed E-state index contributed by atoms with van der Waals surface area (Å²) in [5.74, 6) is 0. The van der Waals surface area contributed by atoms with E-state index in [1.165, 1.54) is 0 Å². The molecule has 0 fully saturated rings. The number of hydrogen-bond donors (Lipinski definition) is 2. The maximum atomic E-state index is 5.30. The largest absolute Gasteiger partial charge is 0.299 e. The van der Waals surface area contributed by atoms with Crippen molar-refractivity contribution in [1.82, 2.24) is 0 Å². The molecule has 3 heteroatoms. The molecule has 0 unspecified atom stereocenters. The average Bonchev–Trinajstić information content (AvgIpc) is 1.90. The van der Waals surface area contributed by atoms with E-state index in [2.05, 4.69) is 17.5 Å². The van der Waals surface area contributed by atoms with E-state index in [1.54, 1.807) is 0 Å². The van der Waals surface area contributed by atoms with Gasteiger partial charge in [0.25, 0.3) is 0 Å². The second-order valence-electron chi connectivity index (χ2n) is 1.64. The van der Waals surface area contributed by atoms with E-state index in [9.17, 15) is 0 Å². The third kappa shape index (κ3) is 1.80. The van der Waals surface area contributed by atoms with Crippen molar-refractivity contribution < 1.29 is 0 Å². The second kappa shape index (κ2) is 2.99. The summed E-state index contributed by atoms with van der Waals surface area (Å²) >= 11 is 9.40. The minimum atomic E-state index is 0.884. The van der Waals surface area contributed by atoms with Crippen LogP contribution in [0.4, 0.5) is 5.69 Å². The van der Waals surface area contributed by atoms with Gasteiger partial charge in [0.1, 0.15) is 0 Å². The summed E-state index contributed by atoms with van der Waals surface area (Å²) in [4.78, 5) is 3.43. The zero-order chi connectivity index (χ0) is 6.69. The van der Waals surface area contributed by atoms with Crippen LogP contribution in [0.2, 0.25) is 0 Å². The Balaban J connectivity index is 2.88. The Hall–Kier alpha value is -0.340. The molecule has 0 atom stereocenters. The summed E-state index contributed by atoms with van der Waals surface area (Å²) in [5, 5.41) is 0. The quantitative estimate of drug-likeness (QED) is 0.474. The molecular weight excluding hydrogens is 154 g/mol. The molecule has 48 valence electrons. The zero-order valence-corrected chi connectivity index (χ0v) is 6.28. The van der Waals surface area contributed by atoms with E-state index in [-0.39, 0.29) is 0 Å². The topological polar surface area (TPSA) is 12.0 Å². The normalized spacial score (nSPS) is 9.11. The number of rotatable bonds is 1. The molecule has 0 spiro atoms. The molecule has 1 nitrogen and oxygen atoms in total. The highest BCUT2D eigenvalue weighted by atomic mass is 35.5. The zero-order valence-electron chi connectivity index (χ0n) is 4.63. The van der Waals surface area contributed by atoms with Crippen LogP contribution in [-0.2, 0) is 0 Å². The van der Waals surface area contributed by atoms with Gasteiger partial charge in [0.15, 0.2) is 0 Å². The van der Waals surface area contributed by atoms with Crippen LogP contribution in [0.3, 0.4) is 0 Å². The van der Waals surface area contributed by atoms with Crippen molar-refractivity contribution in [2.45, 2.75) is 4.90 Å². The molecule has 0 aromatic heterocycles. The molecule has 1 rings (SSSR count). The van der Waals surface area contributed by atoms with Crippen LogP contribution in [0.15, 0.2) is 29.2 Å². The van der Waals surface area contributed by atoms with Crippen LogP contribution in [0.1, 0.15) is 0 Å². The van der Waals surface area contributed by atoms with Gasteiger partial charge in [0.05, 0.1) is 0 Å². The minimum absolute atomic E-state index is 0.884. The first-order valence-corrected chi connectivity index (χ1v) is 3.31. The van der Waals surface area contributed by atoms with Crippen LogP contribution < -0.4 is 4.84 Å². The van der Waals surface area contributed by atoms with Crippen molar-refractivity contribution in [1.29, 1.82) is 0 Å². The van der Waals surface area contributed by atoms with Gasteiger partial charge in [-0.1, -0.05) is 0 Å². The average molecular weight is 160 g/mol. The first kappa shape index (κ1) is 6.78. The fraction of sp³-hybridized carbons (Fsp3) is 0. The smallest absolute Gasteiger partial charge is 0.0492 e. The predicted octanol–water partition coefficient (Wildman–Crippen LogP) is 2.54. The molecule has 1 aromatic rings. The number of halogens is 1. The fourth-order valence-corrected chi connectivity index (χ4v) is 0.799. The van der Waals surface area contributed by atoms with E-state index < -0.39 is 0 Å². The van der Waals surface area contributed by atoms with Gasteiger partial charge in [-0.15, -0.1) is 12.6 Å². The molecule has 0 radical (unpaired) electrons. The van der Waals surface area contributed by atoms with Crippen molar-refractivity contribution >= 4 is 30.1 Å². The lowest BCUT2D eigenvalue weighted by atomic mass is 10.3. The number of benzene rings is 1. The van der Waals surface area contributed by atoms with Gasteiger partial charge in [-0.3, -0.25) is 4.84 Å². The number of hydrogen-bond acceptors (Lipinski definition) is 2. The molecule has 1 N–H and O–H groups in total. The van der Waals surface area contributed by atoms with Crippen molar-refractivity contribution in [3.8, 4) is 0 Å². The Morgan fingerprint density at radius 1 is 1.22 bits per heavy atom. The predicted molar refractivity (Wildman–Crippen MR) is 43.2 cm³/mol. The van der Waals surface area contributed by atoms with Gasteiger partial charge in [-0.25, -0.2) is 0 Å². The lowest BCUT2D eigenvalue weighted by molar-refractivity contribution is 1.48. The van der Waals surface area contributed by atoms with Gasteiger partial charge in [-0.05, 0) is 24.3 Å². The monoisotopic (exact) mass is 159 g/mol. The maximum absolute atomic E-state index is 5.30. The fourth-order valence-electron chi connectivity index (χ4n) is 0.524. The SMILES string of the molecule is Sc1ccc(NCl)cc1.